The van der Waals surface area contributed by atoms with Crippen LogP contribution in [0.1, 0.15) is 18.5 Å². The standard InChI is InChI=1S/C24H24Cl2N4O2/c1-16-3-5-18(6-4-16)22-9-10-23(31)30(27-22)17(2)24(32)29-13-11-28(12-14-29)19-7-8-20(25)21(26)15-19/h3-10,15,17H,11-14H2,1-2H3. The van der Waals surface area contributed by atoms with Gasteiger partial charge in [0.25, 0.3) is 5.56 Å². The maximum Gasteiger partial charge on any atom is 0.267 e. The van der Waals surface area contributed by atoms with Gasteiger partial charge in [0, 0.05) is 43.5 Å². The van der Waals surface area contributed by atoms with E-state index in [4.69, 9.17) is 23.2 Å². The van der Waals surface area contributed by atoms with E-state index in [0.717, 1.165) is 16.8 Å². The number of benzene rings is 2. The molecule has 0 aliphatic carbocycles. The maximum absolute atomic E-state index is 13.2. The zero-order valence-electron chi connectivity index (χ0n) is 18.0. The van der Waals surface area contributed by atoms with E-state index in [9.17, 15) is 9.59 Å². The Morgan fingerprint density at radius 1 is 0.938 bits per heavy atom. The molecule has 0 N–H and O–H groups in total. The Kier molecular flexibility index (Phi) is 6.53. The van der Waals surface area contributed by atoms with Gasteiger partial charge in [-0.2, -0.15) is 5.10 Å². The highest BCUT2D eigenvalue weighted by atomic mass is 35.5. The van der Waals surface area contributed by atoms with Crippen LogP contribution in [-0.4, -0.2) is 46.8 Å². The zero-order valence-corrected chi connectivity index (χ0v) is 19.5. The molecule has 32 heavy (non-hydrogen) atoms. The molecular weight excluding hydrogens is 447 g/mol. The summed E-state index contributed by atoms with van der Waals surface area (Å²) in [4.78, 5) is 29.6. The normalized spacial score (nSPS) is 15.0. The smallest absolute Gasteiger partial charge is 0.267 e. The quantitative estimate of drug-likeness (QED) is 0.565. The van der Waals surface area contributed by atoms with Crippen molar-refractivity contribution >= 4 is 34.8 Å². The Hall–Kier alpha value is -2.83. The highest BCUT2D eigenvalue weighted by Gasteiger charge is 2.27. The number of piperazine rings is 1. The van der Waals surface area contributed by atoms with Gasteiger partial charge in [-0.05, 0) is 38.1 Å². The third-order valence-electron chi connectivity index (χ3n) is 5.76. The number of rotatable bonds is 4. The van der Waals surface area contributed by atoms with E-state index in [-0.39, 0.29) is 11.5 Å². The first-order valence-electron chi connectivity index (χ1n) is 10.5. The summed E-state index contributed by atoms with van der Waals surface area (Å²) in [5.41, 5.74) is 3.39. The Morgan fingerprint density at radius 2 is 1.62 bits per heavy atom. The summed E-state index contributed by atoms with van der Waals surface area (Å²) >= 11 is 12.1. The van der Waals surface area contributed by atoms with Crippen LogP contribution in [-0.2, 0) is 4.79 Å². The van der Waals surface area contributed by atoms with E-state index in [1.807, 2.05) is 43.3 Å². The van der Waals surface area contributed by atoms with Crippen molar-refractivity contribution in [3.05, 3.63) is 80.6 Å². The second-order valence-corrected chi connectivity index (χ2v) is 8.77. The monoisotopic (exact) mass is 470 g/mol. The van der Waals surface area contributed by atoms with Crippen molar-refractivity contribution in [3.63, 3.8) is 0 Å². The summed E-state index contributed by atoms with van der Waals surface area (Å²) in [6.07, 6.45) is 0. The molecule has 1 unspecified atom stereocenters. The summed E-state index contributed by atoms with van der Waals surface area (Å²) < 4.78 is 1.28. The van der Waals surface area contributed by atoms with Gasteiger partial charge in [-0.25, -0.2) is 4.68 Å². The van der Waals surface area contributed by atoms with Gasteiger partial charge in [0.15, 0.2) is 0 Å². The van der Waals surface area contributed by atoms with Gasteiger partial charge < -0.3 is 9.80 Å². The molecule has 0 radical (unpaired) electrons. The Bertz CT molecular complexity index is 1190. The molecule has 0 bridgehead atoms. The van der Waals surface area contributed by atoms with E-state index >= 15 is 0 Å². The van der Waals surface area contributed by atoms with E-state index in [0.29, 0.717) is 41.9 Å². The van der Waals surface area contributed by atoms with Gasteiger partial charge in [-0.1, -0.05) is 53.0 Å². The van der Waals surface area contributed by atoms with Crippen LogP contribution in [0.25, 0.3) is 11.3 Å². The van der Waals surface area contributed by atoms with Crippen molar-refractivity contribution in [2.45, 2.75) is 19.9 Å². The van der Waals surface area contributed by atoms with Crippen LogP contribution in [0, 0.1) is 6.92 Å². The summed E-state index contributed by atoms with van der Waals surface area (Å²) in [6, 6.07) is 15.9. The Balaban J connectivity index is 1.47. The maximum atomic E-state index is 13.2. The van der Waals surface area contributed by atoms with E-state index in [2.05, 4.69) is 10.00 Å². The number of anilines is 1. The number of aryl methyl sites for hydroxylation is 1. The van der Waals surface area contributed by atoms with Crippen molar-refractivity contribution in [1.82, 2.24) is 14.7 Å². The molecule has 3 aromatic rings. The lowest BCUT2D eigenvalue weighted by molar-refractivity contribution is -0.135. The minimum Gasteiger partial charge on any atom is -0.368 e. The Labute approximate surface area is 197 Å². The van der Waals surface area contributed by atoms with Crippen LogP contribution < -0.4 is 10.5 Å². The first kappa shape index (κ1) is 22.4. The van der Waals surface area contributed by atoms with Crippen LogP contribution in [0.4, 0.5) is 5.69 Å². The largest absolute Gasteiger partial charge is 0.368 e. The first-order chi connectivity index (χ1) is 15.3. The molecule has 1 fully saturated rings. The summed E-state index contributed by atoms with van der Waals surface area (Å²) in [5, 5.41) is 5.51. The molecule has 1 atom stereocenters. The topological polar surface area (TPSA) is 58.4 Å². The molecule has 1 amide bonds. The van der Waals surface area contributed by atoms with Crippen LogP contribution in [0.5, 0.6) is 0 Å². The van der Waals surface area contributed by atoms with Gasteiger partial charge in [-0.15, -0.1) is 0 Å². The van der Waals surface area contributed by atoms with Gasteiger partial charge in [0.2, 0.25) is 5.91 Å². The van der Waals surface area contributed by atoms with Crippen LogP contribution in [0.3, 0.4) is 0 Å². The molecule has 1 saturated heterocycles. The summed E-state index contributed by atoms with van der Waals surface area (Å²) in [6.45, 7) is 6.18. The number of nitrogens with zero attached hydrogens (tertiary/aromatic N) is 4. The predicted molar refractivity (Wildman–Crippen MR) is 129 cm³/mol. The number of amides is 1. The molecular formula is C24H24Cl2N4O2. The zero-order chi connectivity index (χ0) is 22.8. The summed E-state index contributed by atoms with van der Waals surface area (Å²) in [7, 11) is 0. The van der Waals surface area contributed by atoms with E-state index < -0.39 is 6.04 Å². The molecule has 6 nitrogen and oxygen atoms in total. The molecule has 2 heterocycles. The molecule has 1 aromatic heterocycles. The molecule has 4 rings (SSSR count). The molecule has 2 aromatic carbocycles. The highest BCUT2D eigenvalue weighted by Crippen LogP contribution is 2.28. The number of aromatic nitrogens is 2. The van der Waals surface area contributed by atoms with E-state index in [1.54, 1.807) is 24.0 Å². The van der Waals surface area contributed by atoms with Gasteiger partial charge in [-0.3, -0.25) is 9.59 Å². The molecule has 8 heteroatoms. The fraction of sp³-hybridized carbons (Fsp3) is 0.292. The highest BCUT2D eigenvalue weighted by molar-refractivity contribution is 6.42. The van der Waals surface area contributed by atoms with Crippen LogP contribution >= 0.6 is 23.2 Å². The van der Waals surface area contributed by atoms with Gasteiger partial charge in [0.1, 0.15) is 6.04 Å². The number of carbonyl (C=O) groups excluding carboxylic acids is 1. The molecule has 0 saturated carbocycles. The fourth-order valence-corrected chi connectivity index (χ4v) is 4.11. The minimum atomic E-state index is -0.690. The third-order valence-corrected chi connectivity index (χ3v) is 6.50. The van der Waals surface area contributed by atoms with Gasteiger partial charge in [0.05, 0.1) is 15.7 Å². The average Bonchev–Trinajstić information content (AvgIpc) is 2.81. The lowest BCUT2D eigenvalue weighted by Gasteiger charge is -2.37. The molecule has 1 aliphatic rings. The van der Waals surface area contributed by atoms with Gasteiger partial charge >= 0.3 is 0 Å². The predicted octanol–water partition coefficient (Wildman–Crippen LogP) is 4.44. The number of hydrogen-bond acceptors (Lipinski definition) is 4. The van der Waals surface area contributed by atoms with Crippen LogP contribution in [0.15, 0.2) is 59.4 Å². The van der Waals surface area contributed by atoms with E-state index in [1.165, 1.54) is 10.7 Å². The lowest BCUT2D eigenvalue weighted by Crippen LogP contribution is -2.51. The van der Waals surface area contributed by atoms with Crippen molar-refractivity contribution in [3.8, 4) is 11.3 Å². The summed E-state index contributed by atoms with van der Waals surface area (Å²) in [5.74, 6) is -0.116. The molecule has 166 valence electrons. The van der Waals surface area contributed by atoms with Crippen molar-refractivity contribution in [2.75, 3.05) is 31.1 Å². The van der Waals surface area contributed by atoms with Crippen molar-refractivity contribution in [1.29, 1.82) is 0 Å². The lowest BCUT2D eigenvalue weighted by atomic mass is 10.1. The van der Waals surface area contributed by atoms with Crippen molar-refractivity contribution in [2.24, 2.45) is 0 Å². The SMILES string of the molecule is Cc1ccc(-c2ccc(=O)n(C(C)C(=O)N3CCN(c4ccc(Cl)c(Cl)c4)CC3)n2)cc1. The van der Waals surface area contributed by atoms with Crippen molar-refractivity contribution < 1.29 is 4.79 Å². The fourth-order valence-electron chi connectivity index (χ4n) is 3.82. The second-order valence-electron chi connectivity index (χ2n) is 7.95. The second kappa shape index (κ2) is 9.35. The first-order valence-corrected chi connectivity index (χ1v) is 11.2. The Morgan fingerprint density at radius 3 is 2.28 bits per heavy atom. The molecule has 1 aliphatic heterocycles. The molecule has 0 spiro atoms. The number of carbonyl (C=O) groups is 1. The number of hydrogen-bond donors (Lipinski definition) is 0. The number of halogens is 2. The van der Waals surface area contributed by atoms with Crippen LogP contribution in [0.2, 0.25) is 10.0 Å². The minimum absolute atomic E-state index is 0.116. The third kappa shape index (κ3) is 4.66. The average molecular weight is 471 g/mol.